The molecule has 0 unspecified atom stereocenters. The second-order valence-electron chi connectivity index (χ2n) is 15.6. The number of aryl methyl sites for hydroxylation is 2. The van der Waals surface area contributed by atoms with Gasteiger partial charge in [0.1, 0.15) is 61.0 Å². The Morgan fingerprint density at radius 2 is 1.12 bits per heavy atom. The number of aliphatic hydroxyl groups excluding tert-OH is 8. The molecule has 2 aliphatic heterocycles. The van der Waals surface area contributed by atoms with Crippen LogP contribution in [0.15, 0.2) is 65.7 Å². The fourth-order valence-electron chi connectivity index (χ4n) is 7.27. The summed E-state index contributed by atoms with van der Waals surface area (Å²) in [5.41, 5.74) is 6.64. The van der Waals surface area contributed by atoms with Crippen molar-refractivity contribution in [2.24, 2.45) is 0 Å². The van der Waals surface area contributed by atoms with Gasteiger partial charge in [-0.05, 0) is 68.7 Å². The number of fused-ring (bicyclic) bond motifs is 2. The smallest absolute Gasteiger partial charge is 0.478 e. The van der Waals surface area contributed by atoms with Gasteiger partial charge in [-0.25, -0.2) is 9.97 Å². The summed E-state index contributed by atoms with van der Waals surface area (Å²) in [6.45, 7) is 7.61. The maximum atomic E-state index is 10.3. The van der Waals surface area contributed by atoms with Gasteiger partial charge in [0.15, 0.2) is 0 Å². The van der Waals surface area contributed by atoms with Crippen LogP contribution < -0.4 is 14.9 Å². The lowest BCUT2D eigenvalue weighted by Crippen LogP contribution is -2.58. The molecule has 0 saturated carbocycles. The number of hydrogen-bond acceptors (Lipinski definition) is 18. The molecule has 10 atom stereocenters. The Hall–Kier alpha value is -5.54. The third-order valence-corrected chi connectivity index (χ3v) is 11.4. The van der Waals surface area contributed by atoms with Gasteiger partial charge in [-0.1, -0.05) is 39.6 Å². The van der Waals surface area contributed by atoms with E-state index in [2.05, 4.69) is 70.0 Å². The zero-order valence-electron chi connectivity index (χ0n) is 37.2. The largest absolute Gasteiger partial charge is 0.490 e. The van der Waals surface area contributed by atoms with Gasteiger partial charge >= 0.3 is 7.12 Å². The lowest BCUT2D eigenvalue weighted by atomic mass is 9.79. The van der Waals surface area contributed by atoms with Crippen LogP contribution >= 0.6 is 15.9 Å². The van der Waals surface area contributed by atoms with Crippen LogP contribution in [0.1, 0.15) is 36.1 Å². The first-order valence-corrected chi connectivity index (χ1v) is 22.2. The van der Waals surface area contributed by atoms with Crippen LogP contribution in [0, 0.1) is 37.5 Å². The minimum atomic E-state index is -1.48. The molecule has 6 aromatic rings. The Labute approximate surface area is 398 Å². The highest BCUT2D eigenvalue weighted by Crippen LogP contribution is 2.30. The Morgan fingerprint density at radius 1 is 0.632 bits per heavy atom. The van der Waals surface area contributed by atoms with Gasteiger partial charge in [-0.3, -0.25) is 10.2 Å². The normalized spacial score (nSPS) is 24.3. The molecule has 2 fully saturated rings. The summed E-state index contributed by atoms with van der Waals surface area (Å²) in [5, 5.41) is 112. The number of aromatic nitrogens is 6. The van der Waals surface area contributed by atoms with Crippen molar-refractivity contribution in [3.05, 3.63) is 87.9 Å². The molecule has 2 aromatic carbocycles. The van der Waals surface area contributed by atoms with Crippen molar-refractivity contribution in [2.75, 3.05) is 26.4 Å². The minimum absolute atomic E-state index is 0.406. The molecule has 2 aliphatic rings. The molecule has 0 spiro atoms. The summed E-state index contributed by atoms with van der Waals surface area (Å²) < 4.78 is 22.3. The zero-order chi connectivity index (χ0) is 49.2. The highest BCUT2D eigenvalue weighted by atomic mass is 79.9. The van der Waals surface area contributed by atoms with Gasteiger partial charge in [0, 0.05) is 50.8 Å². The summed E-state index contributed by atoms with van der Waals surface area (Å²) in [6, 6.07) is 11.1. The van der Waals surface area contributed by atoms with E-state index in [0.29, 0.717) is 47.1 Å². The van der Waals surface area contributed by atoms with E-state index < -0.39 is 81.4 Å². The molecule has 20 nitrogen and oxygen atoms in total. The first kappa shape index (κ1) is 51.8. The molecule has 6 heterocycles. The topological polar surface area (TPSA) is 322 Å². The van der Waals surface area contributed by atoms with E-state index in [0.717, 1.165) is 43.0 Å². The van der Waals surface area contributed by atoms with Gasteiger partial charge in [-0.2, -0.15) is 10.2 Å². The summed E-state index contributed by atoms with van der Waals surface area (Å²) in [5.74, 6) is 12.5. The van der Waals surface area contributed by atoms with Crippen LogP contribution in [0.4, 0.5) is 0 Å². The van der Waals surface area contributed by atoms with E-state index >= 15 is 0 Å². The highest BCUT2D eigenvalue weighted by Gasteiger charge is 2.44. The van der Waals surface area contributed by atoms with Crippen molar-refractivity contribution < 1.29 is 69.8 Å². The lowest BCUT2D eigenvalue weighted by molar-refractivity contribution is -0.214. The Morgan fingerprint density at radius 3 is 1.59 bits per heavy atom. The monoisotopic (exact) mass is 1000 g/mol. The third-order valence-electron chi connectivity index (χ3n) is 10.9. The summed E-state index contributed by atoms with van der Waals surface area (Å²) in [7, 11) is -1.47. The number of aromatic amines is 2. The number of nitrogens with zero attached hydrogens (tertiary/aromatic N) is 4. The molecule has 68 heavy (non-hydrogen) atoms. The number of nitrogens with one attached hydrogen (secondary N) is 2. The highest BCUT2D eigenvalue weighted by molar-refractivity contribution is 9.10. The van der Waals surface area contributed by atoms with Crippen molar-refractivity contribution in [3.8, 4) is 46.6 Å². The molecule has 2 saturated heterocycles. The van der Waals surface area contributed by atoms with Crippen LogP contribution in [0.3, 0.4) is 0 Å². The number of halogens is 1. The van der Waals surface area contributed by atoms with Crippen molar-refractivity contribution in [1.82, 2.24) is 30.4 Å². The molecule has 360 valence electrons. The predicted octanol–water partition coefficient (Wildman–Crippen LogP) is -0.486. The molecule has 12 N–H and O–H groups in total. The Balaban J connectivity index is 0.000000184. The molecule has 4 aromatic heterocycles. The molecule has 0 radical (unpaired) electrons. The second-order valence-corrected chi connectivity index (χ2v) is 16.6. The molecule has 22 heteroatoms. The number of ether oxygens (including phenoxy) is 4. The second kappa shape index (κ2) is 23.7. The van der Waals surface area contributed by atoms with E-state index in [-0.39, 0.29) is 0 Å². The van der Waals surface area contributed by atoms with Gasteiger partial charge in [0.25, 0.3) is 0 Å². The molecule has 0 aliphatic carbocycles. The molecule has 0 amide bonds. The van der Waals surface area contributed by atoms with Crippen LogP contribution in [0.25, 0.3) is 32.9 Å². The summed E-state index contributed by atoms with van der Waals surface area (Å²) in [6.07, 6.45) is -6.09. The van der Waals surface area contributed by atoms with E-state index in [1.165, 1.54) is 6.20 Å². The summed E-state index contributed by atoms with van der Waals surface area (Å²) >= 11 is 3.39. The maximum absolute atomic E-state index is 10.3. The van der Waals surface area contributed by atoms with Crippen LogP contribution in [0.5, 0.6) is 11.8 Å². The van der Waals surface area contributed by atoms with Crippen LogP contribution in [0.2, 0.25) is 0 Å². The standard InChI is InChI=1S/C23H25N3O6.C15H15BrN2O5.C8H12BNO3/c1-3-31-19-6-12(2)16(10-24-19)14-7-13(20-15(8-14)9-25-26-20)4-5-17-21(28)23(30)22(29)18(11-27)32-17;16-9-3-7(12-8(4-9)5-17-18-12)1-2-10-13(20)15(22)14(21)11(6-19)23-10;1-3-13-8-4-6(2)7(5-10-8)9(11)12/h6-10,17-18,21-23,27-30H,3,11H2,1-2H3,(H,25,26);3-5,10-11,13-15,19-22H,6H2,(H,17,18);4-5,11-12H,3H2,1-2H3/t17-,18-,21-,22-,23-;10-,11-,13-,14-,15-;/m11./s1. The first-order valence-electron chi connectivity index (χ1n) is 21.4. The summed E-state index contributed by atoms with van der Waals surface area (Å²) in [4.78, 5) is 8.26. The van der Waals surface area contributed by atoms with Crippen molar-refractivity contribution in [1.29, 1.82) is 0 Å². The predicted molar refractivity (Wildman–Crippen MR) is 250 cm³/mol. The SMILES string of the molecule is CCOc1cc(C)c(-c2cc(C#C[C@H]3O[C@H](CO)[C@@H](O)[C@H](O)[C@@H]3O)c3[nH]ncc3c2)cn1.CCOc1cc(C)c(B(O)O)cn1.OC[C@H]1O[C@H](C#Cc2cc(Br)cc3cn[nH]c23)[C@@H](O)[C@@H](O)[C@@H]1O. The van der Waals surface area contributed by atoms with Gasteiger partial charge < -0.3 is 69.8 Å². The Kier molecular flexibility index (Phi) is 18.0. The number of aliphatic hydroxyl groups is 8. The van der Waals surface area contributed by atoms with Gasteiger partial charge in [0.2, 0.25) is 11.8 Å². The van der Waals surface area contributed by atoms with Crippen molar-refractivity contribution in [2.45, 2.75) is 88.7 Å². The van der Waals surface area contributed by atoms with Gasteiger partial charge in [-0.15, -0.1) is 0 Å². The third kappa shape index (κ3) is 12.2. The number of H-pyrrole nitrogens is 2. The van der Waals surface area contributed by atoms with Crippen molar-refractivity contribution >= 4 is 50.3 Å². The van der Waals surface area contributed by atoms with Crippen LogP contribution in [-0.4, -0.2) is 176 Å². The van der Waals surface area contributed by atoms with E-state index in [1.807, 2.05) is 45.0 Å². The molecule has 8 rings (SSSR count). The molecule has 0 bridgehead atoms. The first-order chi connectivity index (χ1) is 32.6. The average molecular weight is 1000 g/mol. The van der Waals surface area contributed by atoms with Crippen LogP contribution in [-0.2, 0) is 9.47 Å². The maximum Gasteiger partial charge on any atom is 0.490 e. The average Bonchev–Trinajstić information content (AvgIpc) is 4.00. The fraction of sp³-hybridized carbons (Fsp3) is 0.391. The van der Waals surface area contributed by atoms with Crippen molar-refractivity contribution in [3.63, 3.8) is 0 Å². The molecular formula is C46H52BBrN6O14. The Bertz CT molecular complexity index is 2770. The van der Waals surface area contributed by atoms with E-state index in [4.69, 9.17) is 29.0 Å². The fourth-order valence-corrected chi connectivity index (χ4v) is 7.74. The minimum Gasteiger partial charge on any atom is -0.478 e. The number of pyridine rings is 2. The quantitative estimate of drug-likeness (QED) is 0.0677. The number of rotatable bonds is 8. The zero-order valence-corrected chi connectivity index (χ0v) is 38.8. The van der Waals surface area contributed by atoms with E-state index in [9.17, 15) is 40.9 Å². The van der Waals surface area contributed by atoms with E-state index in [1.54, 1.807) is 37.6 Å². The number of hydrogen-bond donors (Lipinski definition) is 12. The lowest BCUT2D eigenvalue weighted by Gasteiger charge is -2.37. The number of benzene rings is 2. The van der Waals surface area contributed by atoms with Gasteiger partial charge in [0.05, 0.1) is 61.0 Å². The molecular weight excluding hydrogens is 951 g/mol.